The van der Waals surface area contributed by atoms with Gasteiger partial charge < -0.3 is 10.6 Å². The Balaban J connectivity index is 1.69. The Morgan fingerprint density at radius 2 is 2.25 bits per heavy atom. The molecule has 1 aliphatic rings. The largest absolute Gasteiger partial charge is 0.350 e. The van der Waals surface area contributed by atoms with Crippen LogP contribution in [0.15, 0.2) is 36.5 Å². The minimum atomic E-state index is -0.465. The lowest BCUT2D eigenvalue weighted by Crippen LogP contribution is -2.38. The molecular weight excluding hydrogens is 310 g/mol. The highest BCUT2D eigenvalue weighted by Crippen LogP contribution is 2.21. The molecule has 1 aromatic heterocycles. The second-order valence-electron chi connectivity index (χ2n) is 5.81. The maximum atomic E-state index is 12.2. The fraction of sp³-hybridized carbons (Fsp3) is 0.375. The molecule has 24 heavy (non-hydrogen) atoms. The van der Waals surface area contributed by atoms with Gasteiger partial charge in [-0.25, -0.2) is 4.68 Å². The van der Waals surface area contributed by atoms with Gasteiger partial charge in [0.2, 0.25) is 0 Å². The van der Waals surface area contributed by atoms with Crippen molar-refractivity contribution in [2.45, 2.75) is 12.8 Å². The third-order valence-electron chi connectivity index (χ3n) is 4.10. The summed E-state index contributed by atoms with van der Waals surface area (Å²) in [6.45, 7) is 2.54. The van der Waals surface area contributed by atoms with Crippen LogP contribution in [0.25, 0.3) is 5.69 Å². The number of piperidine rings is 1. The summed E-state index contributed by atoms with van der Waals surface area (Å²) in [6.07, 6.45) is 3.77. The molecule has 126 valence electrons. The molecule has 1 amide bonds. The van der Waals surface area contributed by atoms with Crippen molar-refractivity contribution in [2.24, 2.45) is 5.92 Å². The number of carbonyl (C=O) groups excluding carboxylic acids is 1. The first-order valence-corrected chi connectivity index (χ1v) is 7.93. The van der Waals surface area contributed by atoms with E-state index in [1.807, 2.05) is 0 Å². The number of carbonyl (C=O) groups is 1. The number of nitro groups is 1. The zero-order valence-corrected chi connectivity index (χ0v) is 13.1. The van der Waals surface area contributed by atoms with Crippen LogP contribution in [0, 0.1) is 16.0 Å². The van der Waals surface area contributed by atoms with Crippen molar-refractivity contribution >= 4 is 11.6 Å². The Bertz CT molecular complexity index is 737. The summed E-state index contributed by atoms with van der Waals surface area (Å²) in [5.74, 6) is 0.165. The van der Waals surface area contributed by atoms with Crippen molar-refractivity contribution in [3.05, 3.63) is 52.3 Å². The van der Waals surface area contributed by atoms with E-state index in [1.54, 1.807) is 30.5 Å². The van der Waals surface area contributed by atoms with Crippen molar-refractivity contribution in [3.8, 4) is 5.69 Å². The predicted octanol–water partition coefficient (Wildman–Crippen LogP) is 1.51. The smallest absolute Gasteiger partial charge is 0.294 e. The zero-order valence-electron chi connectivity index (χ0n) is 13.1. The Morgan fingerprint density at radius 3 is 3.00 bits per heavy atom. The van der Waals surface area contributed by atoms with E-state index in [2.05, 4.69) is 15.7 Å². The molecular formula is C16H19N5O3. The monoisotopic (exact) mass is 329 g/mol. The Labute approximate surface area is 139 Å². The summed E-state index contributed by atoms with van der Waals surface area (Å²) in [5, 5.41) is 21.5. The molecule has 0 saturated carbocycles. The summed E-state index contributed by atoms with van der Waals surface area (Å²) in [5.41, 5.74) is 0.524. The topological polar surface area (TPSA) is 102 Å². The van der Waals surface area contributed by atoms with Gasteiger partial charge in [0.05, 0.1) is 4.92 Å². The molecule has 1 atom stereocenters. The summed E-state index contributed by atoms with van der Waals surface area (Å²) >= 11 is 0. The number of hydrogen-bond acceptors (Lipinski definition) is 5. The summed E-state index contributed by atoms with van der Waals surface area (Å²) < 4.78 is 1.36. The molecule has 1 saturated heterocycles. The van der Waals surface area contributed by atoms with Crippen LogP contribution in [0.3, 0.4) is 0 Å². The van der Waals surface area contributed by atoms with E-state index in [9.17, 15) is 14.9 Å². The van der Waals surface area contributed by atoms with Crippen molar-refractivity contribution in [2.75, 3.05) is 19.6 Å². The van der Waals surface area contributed by atoms with Crippen LogP contribution in [0.1, 0.15) is 23.3 Å². The van der Waals surface area contributed by atoms with Crippen LogP contribution in [0.4, 0.5) is 5.69 Å². The Hall–Kier alpha value is -2.74. The highest BCUT2D eigenvalue weighted by molar-refractivity contribution is 5.92. The van der Waals surface area contributed by atoms with E-state index >= 15 is 0 Å². The molecule has 1 aliphatic heterocycles. The molecule has 2 N–H and O–H groups in total. The fourth-order valence-electron chi connectivity index (χ4n) is 2.82. The lowest BCUT2D eigenvalue weighted by atomic mass is 10.00. The van der Waals surface area contributed by atoms with Crippen LogP contribution in [-0.2, 0) is 0 Å². The van der Waals surface area contributed by atoms with Gasteiger partial charge in [-0.1, -0.05) is 12.1 Å². The zero-order chi connectivity index (χ0) is 16.9. The maximum Gasteiger partial charge on any atom is 0.294 e. The summed E-state index contributed by atoms with van der Waals surface area (Å²) in [7, 11) is 0. The third-order valence-corrected chi connectivity index (χ3v) is 4.10. The highest BCUT2D eigenvalue weighted by Gasteiger charge is 2.18. The van der Waals surface area contributed by atoms with Crippen molar-refractivity contribution in [1.29, 1.82) is 0 Å². The molecule has 0 radical (unpaired) electrons. The average molecular weight is 329 g/mol. The normalized spacial score (nSPS) is 17.4. The molecule has 0 aliphatic carbocycles. The SMILES string of the molecule is O=C(NCC1CCCNC1)c1ccn(-c2ccccc2[N+](=O)[O-])n1. The van der Waals surface area contributed by atoms with Gasteiger partial charge in [-0.2, -0.15) is 5.10 Å². The van der Waals surface area contributed by atoms with Gasteiger partial charge >= 0.3 is 0 Å². The highest BCUT2D eigenvalue weighted by atomic mass is 16.6. The number of nitrogens with zero attached hydrogens (tertiary/aromatic N) is 3. The van der Waals surface area contributed by atoms with Crippen molar-refractivity contribution < 1.29 is 9.72 Å². The molecule has 0 bridgehead atoms. The van der Waals surface area contributed by atoms with Crippen molar-refractivity contribution in [3.63, 3.8) is 0 Å². The molecule has 8 heteroatoms. The molecule has 8 nitrogen and oxygen atoms in total. The minimum absolute atomic E-state index is 0.0548. The predicted molar refractivity (Wildman–Crippen MR) is 88.1 cm³/mol. The molecule has 3 rings (SSSR count). The number of rotatable bonds is 5. The third kappa shape index (κ3) is 3.60. The molecule has 1 fully saturated rings. The number of benzene rings is 1. The first-order chi connectivity index (χ1) is 11.6. The standard InChI is InChI=1S/C16H19N5O3/c22-16(18-11-12-4-3-8-17-10-12)13-7-9-20(19-13)14-5-1-2-6-15(14)21(23)24/h1-2,5-7,9,12,17H,3-4,8,10-11H2,(H,18,22). The summed E-state index contributed by atoms with van der Waals surface area (Å²) in [6, 6.07) is 7.86. The summed E-state index contributed by atoms with van der Waals surface area (Å²) in [4.78, 5) is 22.8. The number of nitro benzene ring substituents is 1. The first-order valence-electron chi connectivity index (χ1n) is 7.93. The number of aromatic nitrogens is 2. The van der Waals surface area contributed by atoms with Crippen LogP contribution < -0.4 is 10.6 Å². The van der Waals surface area contributed by atoms with Crippen LogP contribution >= 0.6 is 0 Å². The van der Waals surface area contributed by atoms with E-state index < -0.39 is 4.92 Å². The molecule has 0 spiro atoms. The van der Waals surface area contributed by atoms with Gasteiger partial charge in [-0.3, -0.25) is 14.9 Å². The molecule has 2 aromatic rings. The van der Waals surface area contributed by atoms with Gasteiger partial charge in [0.1, 0.15) is 5.69 Å². The molecule has 1 aromatic carbocycles. The lowest BCUT2D eigenvalue weighted by molar-refractivity contribution is -0.384. The second kappa shape index (κ2) is 7.22. The van der Waals surface area contributed by atoms with E-state index in [-0.39, 0.29) is 17.3 Å². The van der Waals surface area contributed by atoms with Gasteiger partial charge in [0.15, 0.2) is 5.69 Å². The number of nitrogens with one attached hydrogen (secondary N) is 2. The van der Waals surface area contributed by atoms with Gasteiger partial charge in [-0.05, 0) is 44.0 Å². The van der Waals surface area contributed by atoms with E-state index in [4.69, 9.17) is 0 Å². The molecule has 2 heterocycles. The fourth-order valence-corrected chi connectivity index (χ4v) is 2.82. The van der Waals surface area contributed by atoms with Crippen LogP contribution in [0.5, 0.6) is 0 Å². The van der Waals surface area contributed by atoms with Crippen molar-refractivity contribution in [1.82, 2.24) is 20.4 Å². The maximum absolute atomic E-state index is 12.2. The Morgan fingerprint density at radius 1 is 1.42 bits per heavy atom. The number of amides is 1. The average Bonchev–Trinajstić information content (AvgIpc) is 3.10. The molecule has 1 unspecified atom stereocenters. The second-order valence-corrected chi connectivity index (χ2v) is 5.81. The van der Waals surface area contributed by atoms with E-state index in [1.165, 1.54) is 10.7 Å². The van der Waals surface area contributed by atoms with Gasteiger partial charge in [0, 0.05) is 18.8 Å². The number of hydrogen-bond donors (Lipinski definition) is 2. The Kier molecular flexibility index (Phi) is 4.85. The first kappa shape index (κ1) is 16.1. The van der Waals surface area contributed by atoms with Crippen LogP contribution in [-0.4, -0.2) is 40.2 Å². The van der Waals surface area contributed by atoms with E-state index in [0.717, 1.165) is 25.9 Å². The quantitative estimate of drug-likeness (QED) is 0.639. The number of para-hydroxylation sites is 2. The van der Waals surface area contributed by atoms with Gasteiger partial charge in [0.25, 0.3) is 11.6 Å². The lowest BCUT2D eigenvalue weighted by Gasteiger charge is -2.22. The van der Waals surface area contributed by atoms with Gasteiger partial charge in [-0.15, -0.1) is 0 Å². The minimum Gasteiger partial charge on any atom is -0.350 e. The van der Waals surface area contributed by atoms with Crippen LogP contribution in [0.2, 0.25) is 0 Å². The van der Waals surface area contributed by atoms with E-state index in [0.29, 0.717) is 18.2 Å².